The van der Waals surface area contributed by atoms with Gasteiger partial charge in [0, 0.05) is 13.3 Å². The zero-order chi connectivity index (χ0) is 23.2. The van der Waals surface area contributed by atoms with E-state index in [0.717, 1.165) is 0 Å². The van der Waals surface area contributed by atoms with Gasteiger partial charge in [0.05, 0.1) is 16.7 Å². The van der Waals surface area contributed by atoms with Gasteiger partial charge in [-0.1, -0.05) is 20.8 Å². The lowest BCUT2D eigenvalue weighted by Crippen LogP contribution is -2.66. The second-order valence-corrected chi connectivity index (χ2v) is 11.2. The topological polar surface area (TPSA) is 135 Å². The highest BCUT2D eigenvalue weighted by molar-refractivity contribution is 5.93. The Morgan fingerprint density at radius 1 is 1.09 bits per heavy atom. The fourth-order valence-electron chi connectivity index (χ4n) is 8.35. The fourth-order valence-corrected chi connectivity index (χ4v) is 8.35. The van der Waals surface area contributed by atoms with Crippen LogP contribution in [-0.4, -0.2) is 64.8 Å². The molecule has 4 aliphatic heterocycles. The Hall–Kier alpha value is -2.20. The number of aliphatic hydroxyl groups is 1. The fraction of sp³-hybridized carbons (Fsp3) is 0.818. The van der Waals surface area contributed by atoms with Crippen molar-refractivity contribution in [3.05, 3.63) is 0 Å². The van der Waals surface area contributed by atoms with Crippen molar-refractivity contribution >= 4 is 23.9 Å². The van der Waals surface area contributed by atoms with E-state index in [9.17, 15) is 24.3 Å². The maximum absolute atomic E-state index is 13.5. The van der Waals surface area contributed by atoms with Crippen LogP contribution in [0.2, 0.25) is 0 Å². The molecule has 10 nitrogen and oxygen atoms in total. The highest BCUT2D eigenvalue weighted by Crippen LogP contribution is 2.84. The Bertz CT molecular complexity index is 999. The van der Waals surface area contributed by atoms with Gasteiger partial charge in [-0.15, -0.1) is 0 Å². The Balaban J connectivity index is 1.67. The zero-order valence-corrected chi connectivity index (χ0v) is 18.5. The normalized spacial score (nSPS) is 54.5. The van der Waals surface area contributed by atoms with Crippen LogP contribution < -0.4 is 0 Å². The van der Waals surface area contributed by atoms with E-state index in [-0.39, 0.29) is 12.3 Å². The number of rotatable bonds is 1. The van der Waals surface area contributed by atoms with Gasteiger partial charge in [-0.25, -0.2) is 9.59 Å². The van der Waals surface area contributed by atoms with E-state index < -0.39 is 81.8 Å². The highest BCUT2D eigenvalue weighted by atomic mass is 16.8. The standard InChI is InChI=1S/C22H26O10/c1-8-14(24)29-12-7-19-11-6-10(18(3,4)5)20(19)13(28-9(2)23)15(25)31-17(20)32-22(19,16(26)30-11)21(8,12)27/h8,10-13,17,27H,6-7H2,1-5H3/t8-,10+,11-,12+,13+,17+,19-,20+,21-,22-/m1/s1. The molecule has 2 spiro atoms. The minimum Gasteiger partial charge on any atom is -0.459 e. The van der Waals surface area contributed by atoms with Gasteiger partial charge < -0.3 is 28.8 Å². The number of esters is 4. The molecule has 0 aromatic rings. The van der Waals surface area contributed by atoms with Crippen LogP contribution in [0.5, 0.6) is 0 Å². The minimum absolute atomic E-state index is 0.0352. The van der Waals surface area contributed by atoms with Gasteiger partial charge in [0.15, 0.2) is 5.60 Å². The summed E-state index contributed by atoms with van der Waals surface area (Å²) in [5.41, 5.74) is -6.99. The first-order valence-electron chi connectivity index (χ1n) is 11.0. The molecule has 0 bridgehead atoms. The number of hydrogen-bond donors (Lipinski definition) is 1. The molecule has 4 heterocycles. The quantitative estimate of drug-likeness (QED) is 0.437. The van der Waals surface area contributed by atoms with Crippen molar-refractivity contribution in [2.24, 2.45) is 28.1 Å². The molecule has 0 amide bonds. The van der Waals surface area contributed by atoms with E-state index in [4.69, 9.17) is 23.7 Å². The van der Waals surface area contributed by atoms with Crippen LogP contribution in [0.1, 0.15) is 47.5 Å². The van der Waals surface area contributed by atoms with E-state index in [0.29, 0.717) is 6.42 Å². The third kappa shape index (κ3) is 1.63. The summed E-state index contributed by atoms with van der Waals surface area (Å²) in [5, 5.41) is 12.0. The van der Waals surface area contributed by atoms with Crippen LogP contribution in [0.3, 0.4) is 0 Å². The third-order valence-electron chi connectivity index (χ3n) is 9.22. The molecule has 1 N–H and O–H groups in total. The maximum Gasteiger partial charge on any atom is 0.350 e. The van der Waals surface area contributed by atoms with Crippen molar-refractivity contribution in [1.82, 2.24) is 0 Å². The van der Waals surface area contributed by atoms with E-state index in [1.165, 1.54) is 13.8 Å². The summed E-state index contributed by atoms with van der Waals surface area (Å²) in [6, 6.07) is 0. The molecule has 0 unspecified atom stereocenters. The van der Waals surface area contributed by atoms with Crippen LogP contribution in [0.4, 0.5) is 0 Å². The van der Waals surface area contributed by atoms with E-state index in [1.54, 1.807) is 0 Å². The van der Waals surface area contributed by atoms with Gasteiger partial charge in [0.2, 0.25) is 18.0 Å². The van der Waals surface area contributed by atoms with Gasteiger partial charge in [-0.05, 0) is 24.7 Å². The molecule has 2 saturated carbocycles. The summed E-state index contributed by atoms with van der Waals surface area (Å²) >= 11 is 0. The second-order valence-electron chi connectivity index (χ2n) is 11.2. The molecule has 6 fully saturated rings. The van der Waals surface area contributed by atoms with E-state index in [2.05, 4.69) is 0 Å². The molecule has 4 saturated heterocycles. The molecular weight excluding hydrogens is 424 g/mol. The van der Waals surface area contributed by atoms with E-state index >= 15 is 0 Å². The molecule has 32 heavy (non-hydrogen) atoms. The monoisotopic (exact) mass is 450 g/mol. The molecule has 2 aliphatic carbocycles. The first-order valence-corrected chi connectivity index (χ1v) is 11.0. The molecule has 0 aromatic heterocycles. The molecule has 6 rings (SSSR count). The molecule has 10 heteroatoms. The Morgan fingerprint density at radius 3 is 2.41 bits per heavy atom. The lowest BCUT2D eigenvalue weighted by Gasteiger charge is -2.47. The minimum atomic E-state index is -2.01. The average molecular weight is 450 g/mol. The Kier molecular flexibility index (Phi) is 3.38. The molecule has 6 aliphatic rings. The highest BCUT2D eigenvalue weighted by Gasteiger charge is 3.01. The predicted octanol–water partition coefficient (Wildman–Crippen LogP) is 0.231. The maximum atomic E-state index is 13.5. The number of fused-ring (bicyclic) bond motifs is 1. The van der Waals surface area contributed by atoms with Crippen LogP contribution in [0.15, 0.2) is 0 Å². The van der Waals surface area contributed by atoms with Crippen molar-refractivity contribution in [2.45, 2.75) is 83.3 Å². The Labute approximate surface area is 183 Å². The number of hydrogen-bond acceptors (Lipinski definition) is 10. The molecular formula is C22H26O10. The average Bonchev–Trinajstić information content (AvgIpc) is 3.37. The van der Waals surface area contributed by atoms with Crippen molar-refractivity contribution in [1.29, 1.82) is 0 Å². The summed E-state index contributed by atoms with van der Waals surface area (Å²) in [6.07, 6.45) is -3.93. The van der Waals surface area contributed by atoms with Crippen molar-refractivity contribution in [3.8, 4) is 0 Å². The first kappa shape index (κ1) is 20.4. The molecule has 0 radical (unpaired) electrons. The van der Waals surface area contributed by atoms with Gasteiger partial charge in [-0.3, -0.25) is 9.59 Å². The van der Waals surface area contributed by atoms with Crippen LogP contribution in [0.25, 0.3) is 0 Å². The Morgan fingerprint density at radius 2 is 1.78 bits per heavy atom. The number of carbonyl (C=O) groups excluding carboxylic acids is 4. The van der Waals surface area contributed by atoms with Crippen molar-refractivity contribution in [2.75, 3.05) is 0 Å². The summed E-state index contributed by atoms with van der Waals surface area (Å²) in [5.74, 6) is -4.25. The van der Waals surface area contributed by atoms with Crippen LogP contribution in [0, 0.1) is 28.1 Å². The van der Waals surface area contributed by atoms with Crippen LogP contribution >= 0.6 is 0 Å². The number of carbonyl (C=O) groups is 4. The molecule has 10 atom stereocenters. The number of ether oxygens (including phenoxy) is 5. The van der Waals surface area contributed by atoms with Gasteiger partial charge in [-0.2, -0.15) is 0 Å². The van der Waals surface area contributed by atoms with Crippen molar-refractivity contribution < 1.29 is 48.0 Å². The van der Waals surface area contributed by atoms with Crippen molar-refractivity contribution in [3.63, 3.8) is 0 Å². The molecule has 174 valence electrons. The third-order valence-corrected chi connectivity index (χ3v) is 9.22. The summed E-state index contributed by atoms with van der Waals surface area (Å²) < 4.78 is 28.9. The smallest absolute Gasteiger partial charge is 0.350 e. The summed E-state index contributed by atoms with van der Waals surface area (Å²) in [7, 11) is 0. The summed E-state index contributed by atoms with van der Waals surface area (Å²) in [4.78, 5) is 51.0. The van der Waals surface area contributed by atoms with Gasteiger partial charge in [0.25, 0.3) is 0 Å². The summed E-state index contributed by atoms with van der Waals surface area (Å²) in [6.45, 7) is 8.66. The van der Waals surface area contributed by atoms with Crippen LogP contribution in [-0.2, 0) is 42.9 Å². The predicted molar refractivity (Wildman–Crippen MR) is 100 cm³/mol. The van der Waals surface area contributed by atoms with Gasteiger partial charge >= 0.3 is 23.9 Å². The lowest BCUT2D eigenvalue weighted by atomic mass is 9.51. The second kappa shape index (κ2) is 5.30. The zero-order valence-electron chi connectivity index (χ0n) is 18.5. The molecule has 0 aromatic carbocycles. The lowest BCUT2D eigenvalue weighted by molar-refractivity contribution is -0.238. The van der Waals surface area contributed by atoms with E-state index in [1.807, 2.05) is 20.8 Å². The SMILES string of the molecule is CC(=O)O[C@H]1C(=O)O[C@H]2O[C@]34C(=O)O[C@@H]5C[C@@H](C(C)(C)C)[C@@]21[C@@]53C[C@@H]1OC(=O)[C@@H](C)[C@@]14O. The first-order chi connectivity index (χ1) is 14.8. The van der Waals surface area contributed by atoms with Gasteiger partial charge in [0.1, 0.15) is 12.2 Å². The largest absolute Gasteiger partial charge is 0.459 e.